The van der Waals surface area contributed by atoms with E-state index in [1.54, 1.807) is 6.08 Å². The summed E-state index contributed by atoms with van der Waals surface area (Å²) in [6, 6.07) is 0. The van der Waals surface area contributed by atoms with Crippen LogP contribution in [0.25, 0.3) is 0 Å². The SMILES string of the molecule is C=CC.CCCCCCCCCCCCCCCCCC. The van der Waals surface area contributed by atoms with Crippen molar-refractivity contribution >= 4 is 0 Å². The van der Waals surface area contributed by atoms with E-state index in [0.717, 1.165) is 0 Å². The second kappa shape index (κ2) is 24.7. The van der Waals surface area contributed by atoms with Gasteiger partial charge in [-0.15, -0.1) is 6.58 Å². The summed E-state index contributed by atoms with van der Waals surface area (Å²) in [5.74, 6) is 0. The predicted molar refractivity (Wildman–Crippen MR) is 101 cm³/mol. The van der Waals surface area contributed by atoms with Crippen LogP contribution in [0, 0.1) is 0 Å². The van der Waals surface area contributed by atoms with Crippen molar-refractivity contribution in [3.8, 4) is 0 Å². The summed E-state index contributed by atoms with van der Waals surface area (Å²) in [6.07, 6.45) is 25.2. The Hall–Kier alpha value is -0.260. The van der Waals surface area contributed by atoms with Crippen molar-refractivity contribution in [2.24, 2.45) is 0 Å². The number of rotatable bonds is 15. The van der Waals surface area contributed by atoms with E-state index < -0.39 is 0 Å². The molecule has 0 saturated carbocycles. The first kappa shape index (κ1) is 23.0. The lowest BCUT2D eigenvalue weighted by Crippen LogP contribution is -1.83. The van der Waals surface area contributed by atoms with Gasteiger partial charge in [-0.25, -0.2) is 0 Å². The van der Waals surface area contributed by atoms with Crippen molar-refractivity contribution in [2.45, 2.75) is 124 Å². The molecule has 0 nitrogen and oxygen atoms in total. The minimum absolute atomic E-state index is 1.37. The molecule has 0 amide bonds. The molecule has 0 fully saturated rings. The van der Waals surface area contributed by atoms with Crippen molar-refractivity contribution < 1.29 is 0 Å². The van der Waals surface area contributed by atoms with E-state index in [1.165, 1.54) is 103 Å². The minimum Gasteiger partial charge on any atom is -0.103 e. The standard InChI is InChI=1S/C18H38.C3H6/c1-3-5-7-9-11-13-15-17-18-16-14-12-10-8-6-4-2;1-3-2/h3-18H2,1-2H3;3H,1H2,2H3. The molecule has 0 saturated heterocycles. The Labute approximate surface area is 136 Å². The predicted octanol–water partition coefficient (Wildman–Crippen LogP) is 8.46. The largest absolute Gasteiger partial charge is 0.103 e. The van der Waals surface area contributed by atoms with Crippen molar-refractivity contribution in [1.29, 1.82) is 0 Å². The van der Waals surface area contributed by atoms with E-state index in [-0.39, 0.29) is 0 Å². The highest BCUT2D eigenvalue weighted by atomic mass is 14.0. The maximum absolute atomic E-state index is 3.36. The molecule has 0 radical (unpaired) electrons. The van der Waals surface area contributed by atoms with Gasteiger partial charge in [-0.3, -0.25) is 0 Å². The lowest BCUT2D eigenvalue weighted by molar-refractivity contribution is 0.531. The highest BCUT2D eigenvalue weighted by Crippen LogP contribution is 2.13. The van der Waals surface area contributed by atoms with Crippen molar-refractivity contribution in [3.63, 3.8) is 0 Å². The van der Waals surface area contributed by atoms with Crippen LogP contribution in [0.2, 0.25) is 0 Å². The molecule has 0 heteroatoms. The van der Waals surface area contributed by atoms with Crippen LogP contribution in [0.5, 0.6) is 0 Å². The number of allylic oxidation sites excluding steroid dienone is 1. The van der Waals surface area contributed by atoms with Gasteiger partial charge in [0.25, 0.3) is 0 Å². The van der Waals surface area contributed by atoms with Gasteiger partial charge in [-0.1, -0.05) is 123 Å². The molecule has 0 aliphatic carbocycles. The Morgan fingerprint density at radius 2 is 0.619 bits per heavy atom. The van der Waals surface area contributed by atoms with E-state index in [4.69, 9.17) is 0 Å². The molecule has 0 aliphatic heterocycles. The van der Waals surface area contributed by atoms with Crippen LogP contribution in [0.1, 0.15) is 124 Å². The second-order valence-corrected chi connectivity index (χ2v) is 6.36. The Balaban J connectivity index is 0. The molecule has 0 aromatic carbocycles. The normalized spacial score (nSPS) is 10.0. The molecular formula is C21H44. The summed E-state index contributed by atoms with van der Waals surface area (Å²) < 4.78 is 0. The third-order valence-electron chi connectivity index (χ3n) is 3.96. The molecule has 0 heterocycles. The fraction of sp³-hybridized carbons (Fsp3) is 0.905. The summed E-state index contributed by atoms with van der Waals surface area (Å²) in [5.41, 5.74) is 0. The van der Waals surface area contributed by atoms with E-state index in [9.17, 15) is 0 Å². The molecule has 0 atom stereocenters. The average Bonchev–Trinajstić information content (AvgIpc) is 2.48. The summed E-state index contributed by atoms with van der Waals surface area (Å²) >= 11 is 0. The smallest absolute Gasteiger partial charge is 0.0473 e. The average molecular weight is 297 g/mol. The second-order valence-electron chi connectivity index (χ2n) is 6.36. The highest BCUT2D eigenvalue weighted by Gasteiger charge is 1.93. The Kier molecular flexibility index (Phi) is 27.1. The first-order valence-corrected chi connectivity index (χ1v) is 9.90. The van der Waals surface area contributed by atoms with Crippen LogP contribution in [0.3, 0.4) is 0 Å². The first-order valence-electron chi connectivity index (χ1n) is 9.90. The van der Waals surface area contributed by atoms with Crippen LogP contribution in [0.4, 0.5) is 0 Å². The van der Waals surface area contributed by atoms with Crippen molar-refractivity contribution in [3.05, 3.63) is 12.7 Å². The van der Waals surface area contributed by atoms with Crippen LogP contribution >= 0.6 is 0 Å². The van der Waals surface area contributed by atoms with Crippen LogP contribution in [-0.2, 0) is 0 Å². The molecule has 0 aromatic rings. The van der Waals surface area contributed by atoms with E-state index in [1.807, 2.05) is 6.92 Å². The van der Waals surface area contributed by atoms with Gasteiger partial charge in [0.2, 0.25) is 0 Å². The number of hydrogen-bond donors (Lipinski definition) is 0. The first-order chi connectivity index (χ1) is 10.3. The van der Waals surface area contributed by atoms with Gasteiger partial charge >= 0.3 is 0 Å². The Morgan fingerprint density at radius 1 is 0.476 bits per heavy atom. The zero-order valence-electron chi connectivity index (χ0n) is 15.6. The lowest BCUT2D eigenvalue weighted by atomic mass is 10.0. The van der Waals surface area contributed by atoms with Crippen LogP contribution < -0.4 is 0 Å². The quantitative estimate of drug-likeness (QED) is 0.210. The molecule has 21 heavy (non-hydrogen) atoms. The fourth-order valence-corrected chi connectivity index (χ4v) is 2.62. The molecule has 128 valence electrons. The Bertz CT molecular complexity index is 143. The summed E-state index contributed by atoms with van der Waals surface area (Å²) in [5, 5.41) is 0. The lowest BCUT2D eigenvalue weighted by Gasteiger charge is -2.03. The van der Waals surface area contributed by atoms with E-state index >= 15 is 0 Å². The summed E-state index contributed by atoms with van der Waals surface area (Å²) in [4.78, 5) is 0. The highest BCUT2D eigenvalue weighted by molar-refractivity contribution is 4.51. The van der Waals surface area contributed by atoms with Crippen molar-refractivity contribution in [2.75, 3.05) is 0 Å². The topological polar surface area (TPSA) is 0 Å². The maximum Gasteiger partial charge on any atom is -0.0473 e. The summed E-state index contributed by atoms with van der Waals surface area (Å²) in [7, 11) is 0. The number of unbranched alkanes of at least 4 members (excludes halogenated alkanes) is 15. The van der Waals surface area contributed by atoms with Gasteiger partial charge in [0.05, 0.1) is 0 Å². The van der Waals surface area contributed by atoms with Crippen LogP contribution in [-0.4, -0.2) is 0 Å². The van der Waals surface area contributed by atoms with E-state index in [0.29, 0.717) is 0 Å². The molecule has 0 spiro atoms. The summed E-state index contributed by atoms with van der Waals surface area (Å²) in [6.45, 7) is 9.84. The van der Waals surface area contributed by atoms with Crippen molar-refractivity contribution in [1.82, 2.24) is 0 Å². The fourth-order valence-electron chi connectivity index (χ4n) is 2.62. The third kappa shape index (κ3) is 28.6. The molecule has 0 aliphatic rings. The minimum atomic E-state index is 1.37. The molecule has 0 aromatic heterocycles. The number of hydrogen-bond acceptors (Lipinski definition) is 0. The van der Waals surface area contributed by atoms with E-state index in [2.05, 4.69) is 20.4 Å². The monoisotopic (exact) mass is 296 g/mol. The van der Waals surface area contributed by atoms with Gasteiger partial charge in [-0.05, 0) is 6.92 Å². The Morgan fingerprint density at radius 3 is 0.762 bits per heavy atom. The zero-order chi connectivity index (χ0) is 16.0. The van der Waals surface area contributed by atoms with Gasteiger partial charge in [0, 0.05) is 0 Å². The zero-order valence-corrected chi connectivity index (χ0v) is 15.6. The van der Waals surface area contributed by atoms with Crippen LogP contribution in [0.15, 0.2) is 12.7 Å². The molecular weight excluding hydrogens is 252 g/mol. The van der Waals surface area contributed by atoms with Gasteiger partial charge in [0.1, 0.15) is 0 Å². The third-order valence-corrected chi connectivity index (χ3v) is 3.96. The molecule has 0 unspecified atom stereocenters. The maximum atomic E-state index is 3.36. The van der Waals surface area contributed by atoms with Gasteiger partial charge in [-0.2, -0.15) is 0 Å². The van der Waals surface area contributed by atoms with Gasteiger partial charge < -0.3 is 0 Å². The molecule has 0 N–H and O–H groups in total. The molecule has 0 bridgehead atoms. The van der Waals surface area contributed by atoms with Gasteiger partial charge in [0.15, 0.2) is 0 Å². The molecule has 0 rings (SSSR count).